The van der Waals surface area contributed by atoms with Crippen molar-refractivity contribution in [3.8, 4) is 11.5 Å². The number of carbonyl (C=O) groups is 1. The second kappa shape index (κ2) is 11.8. The van der Waals surface area contributed by atoms with Gasteiger partial charge in [0, 0.05) is 37.1 Å². The van der Waals surface area contributed by atoms with E-state index < -0.39 is 5.82 Å². The smallest absolute Gasteiger partial charge is 0.258 e. The van der Waals surface area contributed by atoms with Crippen LogP contribution in [0, 0.1) is 17.2 Å². The highest BCUT2D eigenvalue weighted by Gasteiger charge is 2.40. The van der Waals surface area contributed by atoms with Crippen LogP contribution in [0.2, 0.25) is 0 Å². The molecule has 1 N–H and O–H groups in total. The molecule has 0 spiro atoms. The molecule has 0 unspecified atom stereocenters. The highest BCUT2D eigenvalue weighted by molar-refractivity contribution is 5.97. The minimum absolute atomic E-state index is 0.0373. The highest BCUT2D eigenvalue weighted by Crippen LogP contribution is 2.39. The fraction of sp³-hybridized carbons (Fsp3) is 0.621. The van der Waals surface area contributed by atoms with Gasteiger partial charge in [0.25, 0.3) is 5.91 Å². The molecular formula is C29H42FN5O2. The Morgan fingerprint density at radius 1 is 1.16 bits per heavy atom. The topological polar surface area (TPSA) is 70.6 Å². The molecule has 1 amide bonds. The van der Waals surface area contributed by atoms with Crippen LogP contribution in [0.5, 0.6) is 11.5 Å². The quantitative estimate of drug-likeness (QED) is 0.444. The van der Waals surface area contributed by atoms with Gasteiger partial charge in [-0.3, -0.25) is 4.79 Å². The first kappa shape index (κ1) is 27.3. The lowest BCUT2D eigenvalue weighted by Crippen LogP contribution is -2.59. The van der Waals surface area contributed by atoms with Crippen molar-refractivity contribution in [2.45, 2.75) is 78.8 Å². The lowest BCUT2D eigenvalue weighted by Gasteiger charge is -2.49. The van der Waals surface area contributed by atoms with E-state index in [4.69, 9.17) is 4.74 Å². The molecule has 2 aliphatic rings. The van der Waals surface area contributed by atoms with Gasteiger partial charge in [-0.25, -0.2) is 14.4 Å². The van der Waals surface area contributed by atoms with Gasteiger partial charge in [-0.2, -0.15) is 0 Å². The molecule has 37 heavy (non-hydrogen) atoms. The average Bonchev–Trinajstić information content (AvgIpc) is 2.84. The summed E-state index contributed by atoms with van der Waals surface area (Å²) in [5.41, 5.74) is 0.348. The first-order valence-electron chi connectivity index (χ1n) is 13.7. The number of anilines is 1. The maximum absolute atomic E-state index is 14.2. The van der Waals surface area contributed by atoms with Crippen LogP contribution in [0.4, 0.5) is 10.2 Å². The SMILES string of the molecule is CC(C)N(C(=O)c1cc(F)ccc1Oc1cncnc1N1CC(C)(CNCC2CCCCC2)C1)C(C)C. The van der Waals surface area contributed by atoms with Crippen molar-refractivity contribution < 1.29 is 13.9 Å². The fourth-order valence-electron chi connectivity index (χ4n) is 5.81. The summed E-state index contributed by atoms with van der Waals surface area (Å²) in [6.07, 6.45) is 9.92. The van der Waals surface area contributed by atoms with Gasteiger partial charge in [-0.05, 0) is 71.2 Å². The number of carbonyl (C=O) groups excluding carboxylic acids is 1. The summed E-state index contributed by atoms with van der Waals surface area (Å²) in [6, 6.07) is 3.99. The Bertz CT molecular complexity index is 1060. The molecule has 1 saturated heterocycles. The molecule has 1 aliphatic carbocycles. The molecule has 2 fully saturated rings. The molecule has 2 heterocycles. The van der Waals surface area contributed by atoms with Crippen LogP contribution in [-0.2, 0) is 0 Å². The summed E-state index contributed by atoms with van der Waals surface area (Å²) in [5.74, 6) is 1.51. The van der Waals surface area contributed by atoms with Crippen molar-refractivity contribution in [3.05, 3.63) is 42.1 Å². The third-order valence-electron chi connectivity index (χ3n) is 7.55. The summed E-state index contributed by atoms with van der Waals surface area (Å²) < 4.78 is 20.4. The Labute approximate surface area is 220 Å². The summed E-state index contributed by atoms with van der Waals surface area (Å²) in [7, 11) is 0. The van der Waals surface area contributed by atoms with E-state index >= 15 is 0 Å². The Balaban J connectivity index is 1.45. The van der Waals surface area contributed by atoms with E-state index in [2.05, 4.69) is 27.1 Å². The van der Waals surface area contributed by atoms with Crippen LogP contribution in [0.15, 0.2) is 30.7 Å². The van der Waals surface area contributed by atoms with Crippen LogP contribution in [-0.4, -0.2) is 59.0 Å². The lowest BCUT2D eigenvalue weighted by molar-refractivity contribution is 0.0640. The third-order valence-corrected chi connectivity index (χ3v) is 7.55. The van der Waals surface area contributed by atoms with Gasteiger partial charge in [-0.15, -0.1) is 0 Å². The normalized spacial score (nSPS) is 17.7. The molecule has 202 valence electrons. The summed E-state index contributed by atoms with van der Waals surface area (Å²) in [5, 5.41) is 3.71. The van der Waals surface area contributed by atoms with Crippen LogP contribution in [0.25, 0.3) is 0 Å². The largest absolute Gasteiger partial charge is 0.451 e. The van der Waals surface area contributed by atoms with E-state index in [9.17, 15) is 9.18 Å². The number of hydrogen-bond donors (Lipinski definition) is 1. The number of nitrogens with one attached hydrogen (secondary N) is 1. The number of hydrogen-bond acceptors (Lipinski definition) is 6. The molecule has 4 rings (SSSR count). The molecule has 1 aromatic heterocycles. The Morgan fingerprint density at radius 3 is 2.54 bits per heavy atom. The van der Waals surface area contributed by atoms with Gasteiger partial charge < -0.3 is 19.9 Å². The van der Waals surface area contributed by atoms with Gasteiger partial charge in [0.05, 0.1) is 11.8 Å². The summed E-state index contributed by atoms with van der Waals surface area (Å²) >= 11 is 0. The highest BCUT2D eigenvalue weighted by atomic mass is 19.1. The zero-order valence-corrected chi connectivity index (χ0v) is 23.0. The minimum atomic E-state index is -0.480. The number of aromatic nitrogens is 2. The maximum Gasteiger partial charge on any atom is 0.258 e. The van der Waals surface area contributed by atoms with Crippen LogP contribution in [0.1, 0.15) is 77.1 Å². The van der Waals surface area contributed by atoms with Crippen molar-refractivity contribution in [1.82, 2.24) is 20.2 Å². The Hall–Kier alpha value is -2.74. The molecule has 1 saturated carbocycles. The number of benzene rings is 1. The molecule has 7 nitrogen and oxygen atoms in total. The average molecular weight is 512 g/mol. The number of halogens is 1. The molecule has 0 bridgehead atoms. The maximum atomic E-state index is 14.2. The van der Waals surface area contributed by atoms with E-state index in [0.29, 0.717) is 17.3 Å². The van der Waals surface area contributed by atoms with Gasteiger partial charge in [0.1, 0.15) is 17.9 Å². The zero-order chi connectivity index (χ0) is 26.6. The number of ether oxygens (including phenoxy) is 1. The van der Waals surface area contributed by atoms with Crippen molar-refractivity contribution in [2.24, 2.45) is 11.3 Å². The minimum Gasteiger partial charge on any atom is -0.451 e. The van der Waals surface area contributed by atoms with E-state index in [1.54, 1.807) is 11.1 Å². The van der Waals surface area contributed by atoms with E-state index in [0.717, 1.165) is 32.1 Å². The van der Waals surface area contributed by atoms with Crippen molar-refractivity contribution in [3.63, 3.8) is 0 Å². The monoisotopic (exact) mass is 511 g/mol. The van der Waals surface area contributed by atoms with Crippen LogP contribution in [0.3, 0.4) is 0 Å². The second-order valence-electron chi connectivity index (χ2n) is 11.7. The third kappa shape index (κ3) is 6.58. The number of rotatable bonds is 10. The van der Waals surface area contributed by atoms with Gasteiger partial charge in [-0.1, -0.05) is 26.2 Å². The van der Waals surface area contributed by atoms with Gasteiger partial charge >= 0.3 is 0 Å². The number of amides is 1. The number of nitrogens with zero attached hydrogens (tertiary/aromatic N) is 4. The zero-order valence-electron chi connectivity index (χ0n) is 23.0. The molecule has 0 radical (unpaired) electrons. The fourth-order valence-corrected chi connectivity index (χ4v) is 5.81. The molecular weight excluding hydrogens is 469 g/mol. The van der Waals surface area contributed by atoms with Crippen molar-refractivity contribution in [1.29, 1.82) is 0 Å². The molecule has 1 aliphatic heterocycles. The summed E-state index contributed by atoms with van der Waals surface area (Å²) in [6.45, 7) is 13.9. The standard InChI is InChI=1S/C29H42FN5O2/c1-20(2)35(21(3)4)28(36)24-13-23(30)11-12-25(24)37-26-15-32-19-33-27(26)34-17-29(5,18-34)16-31-14-22-9-7-6-8-10-22/h11-13,15,19-22,31H,6-10,14,16-18H2,1-5H3. The van der Waals surface area contributed by atoms with E-state index in [1.807, 2.05) is 27.7 Å². The van der Waals surface area contributed by atoms with E-state index in [1.165, 1.54) is 56.6 Å². The molecule has 1 aromatic carbocycles. The van der Waals surface area contributed by atoms with Crippen molar-refractivity contribution >= 4 is 11.7 Å². The molecule has 0 atom stereocenters. The lowest BCUT2D eigenvalue weighted by atomic mass is 9.81. The molecule has 8 heteroatoms. The molecule has 2 aromatic rings. The van der Waals surface area contributed by atoms with Crippen LogP contribution < -0.4 is 15.0 Å². The van der Waals surface area contributed by atoms with Crippen molar-refractivity contribution in [2.75, 3.05) is 31.1 Å². The Kier molecular flexibility index (Phi) is 8.67. The summed E-state index contributed by atoms with van der Waals surface area (Å²) in [4.78, 5) is 26.0. The first-order valence-corrected chi connectivity index (χ1v) is 13.7. The van der Waals surface area contributed by atoms with Crippen LogP contribution >= 0.6 is 0 Å². The van der Waals surface area contributed by atoms with Gasteiger partial charge in [0.2, 0.25) is 0 Å². The first-order chi connectivity index (χ1) is 17.7. The Morgan fingerprint density at radius 2 is 1.86 bits per heavy atom. The second-order valence-corrected chi connectivity index (χ2v) is 11.7. The predicted molar refractivity (Wildman–Crippen MR) is 145 cm³/mol. The van der Waals surface area contributed by atoms with Gasteiger partial charge in [0.15, 0.2) is 11.6 Å². The van der Waals surface area contributed by atoms with E-state index in [-0.39, 0.29) is 29.0 Å². The predicted octanol–water partition coefficient (Wildman–Crippen LogP) is 5.66.